The Hall–Kier alpha value is -5.60. The lowest BCUT2D eigenvalue weighted by Crippen LogP contribution is -2.38. The molecule has 314 valence electrons. The maximum absolute atomic E-state index is 14.8. The number of hydrogen-bond acceptors (Lipinski definition) is 7. The van der Waals surface area contributed by atoms with E-state index < -0.39 is 40.0 Å². The van der Waals surface area contributed by atoms with Gasteiger partial charge in [0.25, 0.3) is 27.7 Å². The Labute approximate surface area is 354 Å². The van der Waals surface area contributed by atoms with Crippen LogP contribution in [0.4, 0.5) is 14.5 Å². The predicted molar refractivity (Wildman–Crippen MR) is 226 cm³/mol. The van der Waals surface area contributed by atoms with Crippen LogP contribution in [0.5, 0.6) is 0 Å². The largest absolute Gasteiger partial charge is 0.384 e. The summed E-state index contributed by atoms with van der Waals surface area (Å²) in [5.74, 6) is -4.13. The number of anilines is 1. The fourth-order valence-corrected chi connectivity index (χ4v) is 9.29. The molecule has 2 aliphatic heterocycles. The molecule has 0 bridgehead atoms. The highest BCUT2D eigenvalue weighted by Crippen LogP contribution is 2.32. The lowest BCUT2D eigenvalue weighted by Gasteiger charge is -2.30. The highest BCUT2D eigenvalue weighted by molar-refractivity contribution is 7.89. The van der Waals surface area contributed by atoms with Crippen molar-refractivity contribution in [3.63, 3.8) is 0 Å². The molecule has 0 radical (unpaired) electrons. The van der Waals surface area contributed by atoms with Crippen molar-refractivity contribution in [2.24, 2.45) is 0 Å². The molecule has 1 N–H and O–H groups in total. The van der Waals surface area contributed by atoms with E-state index in [2.05, 4.69) is 10.4 Å². The third-order valence-electron chi connectivity index (χ3n) is 11.1. The van der Waals surface area contributed by atoms with E-state index >= 15 is 0 Å². The molecule has 0 aliphatic carbocycles. The molecule has 0 atom stereocenters. The summed E-state index contributed by atoms with van der Waals surface area (Å²) in [6, 6.07) is 19.4. The van der Waals surface area contributed by atoms with Crippen molar-refractivity contribution in [2.75, 3.05) is 31.5 Å². The van der Waals surface area contributed by atoms with Crippen LogP contribution in [0.15, 0.2) is 83.8 Å². The second-order valence-corrected chi connectivity index (χ2v) is 17.4. The van der Waals surface area contributed by atoms with E-state index in [-0.39, 0.29) is 50.4 Å². The molecule has 0 saturated heterocycles. The molecular weight excluding hydrogens is 810 g/mol. The average molecular weight is 857 g/mol. The van der Waals surface area contributed by atoms with Gasteiger partial charge >= 0.3 is 0 Å². The Bertz CT molecular complexity index is 2570. The third kappa shape index (κ3) is 8.53. The van der Waals surface area contributed by atoms with E-state index in [4.69, 9.17) is 11.6 Å². The van der Waals surface area contributed by atoms with Gasteiger partial charge in [0, 0.05) is 44.0 Å². The number of nitrogens with zero attached hydrogens (tertiary/aromatic N) is 5. The van der Waals surface area contributed by atoms with Gasteiger partial charge in [-0.05, 0) is 103 Å². The minimum absolute atomic E-state index is 0.0177. The number of amides is 3. The van der Waals surface area contributed by atoms with E-state index in [0.29, 0.717) is 49.0 Å². The first-order valence-corrected chi connectivity index (χ1v) is 22.1. The minimum atomic E-state index is -4.61. The average Bonchev–Trinajstić information content (AvgIpc) is 3.85. The van der Waals surface area contributed by atoms with E-state index in [0.717, 1.165) is 60.2 Å². The van der Waals surface area contributed by atoms with Crippen LogP contribution in [0, 0.1) is 18.6 Å². The summed E-state index contributed by atoms with van der Waals surface area (Å²) in [5, 5.41) is 8.00. The number of unbranched alkanes of at least 4 members (excludes halogenated alkanes) is 2. The quantitative estimate of drug-likeness (QED) is 0.119. The van der Waals surface area contributed by atoms with Crippen molar-refractivity contribution >= 4 is 45.0 Å². The first-order valence-electron chi connectivity index (χ1n) is 20.2. The second kappa shape index (κ2) is 17.9. The molecule has 2 aliphatic rings. The molecule has 0 fully saturated rings. The van der Waals surface area contributed by atoms with Crippen molar-refractivity contribution < 1.29 is 31.6 Å². The Balaban J connectivity index is 1.33. The van der Waals surface area contributed by atoms with Crippen molar-refractivity contribution in [3.8, 4) is 5.69 Å². The summed E-state index contributed by atoms with van der Waals surface area (Å²) >= 11 is 6.86. The Morgan fingerprint density at radius 1 is 0.850 bits per heavy atom. The molecule has 15 heteroatoms. The number of fused-ring (bicyclic) bond motifs is 2. The molecule has 60 heavy (non-hydrogen) atoms. The molecule has 3 heterocycles. The van der Waals surface area contributed by atoms with Gasteiger partial charge in [-0.1, -0.05) is 68.6 Å². The maximum Gasteiger partial charge on any atom is 0.275 e. The SMILES string of the molecule is CCCCN(CCCC)C(=O)c1nn(-c2ccc(C(=O)N(Cc3ccc(F)c(F)c3)S(=O)(=O)c3ccc4c(c3)CCN4)cc2C(=O)N2CCc3ccccc3C2)c(C)c1Cl. The first kappa shape index (κ1) is 42.5. The van der Waals surface area contributed by atoms with Crippen molar-refractivity contribution in [2.45, 2.75) is 77.3 Å². The van der Waals surface area contributed by atoms with Gasteiger partial charge in [0.2, 0.25) is 0 Å². The summed E-state index contributed by atoms with van der Waals surface area (Å²) in [6.45, 7) is 7.46. The molecular formula is C45H47ClF2N6O5S. The third-order valence-corrected chi connectivity index (χ3v) is 13.3. The van der Waals surface area contributed by atoms with Crippen LogP contribution in [0.3, 0.4) is 0 Å². The number of benzene rings is 4. The number of rotatable bonds is 14. The van der Waals surface area contributed by atoms with Crippen LogP contribution in [0.1, 0.15) is 98.7 Å². The molecule has 5 aromatic rings. The zero-order valence-electron chi connectivity index (χ0n) is 33.8. The van der Waals surface area contributed by atoms with Crippen LogP contribution in [0.2, 0.25) is 5.02 Å². The predicted octanol–water partition coefficient (Wildman–Crippen LogP) is 8.35. The summed E-state index contributed by atoms with van der Waals surface area (Å²) in [5.41, 5.74) is 4.13. The zero-order chi connectivity index (χ0) is 42.7. The van der Waals surface area contributed by atoms with Crippen LogP contribution >= 0.6 is 11.6 Å². The molecule has 0 spiro atoms. The topological polar surface area (TPSA) is 125 Å². The lowest BCUT2D eigenvalue weighted by atomic mass is 9.98. The van der Waals surface area contributed by atoms with Crippen molar-refractivity contribution in [3.05, 3.63) is 140 Å². The standard InChI is InChI=1S/C45H47ClF2N6O5S/c1-4-6-21-51(22-7-5-2)45(57)42-41(46)29(3)54(50-42)40-17-13-33(26-36(40)44(56)52-23-19-31-10-8-9-11-34(31)28-52)43(55)53(27-30-12-15-37(47)38(48)24-30)60(58,59)35-14-16-39-32(25-35)18-20-49-39/h8-17,24-26,49H,4-7,18-23,27-28H2,1-3H3. The zero-order valence-corrected chi connectivity index (χ0v) is 35.4. The van der Waals surface area contributed by atoms with Gasteiger partial charge in [0.15, 0.2) is 17.3 Å². The van der Waals surface area contributed by atoms with Gasteiger partial charge in [0.1, 0.15) is 0 Å². The number of carbonyl (C=O) groups excluding carboxylic acids is 3. The molecule has 4 aromatic carbocycles. The second-order valence-electron chi connectivity index (χ2n) is 15.2. The fraction of sp³-hybridized carbons (Fsp3) is 0.333. The Morgan fingerprint density at radius 3 is 2.30 bits per heavy atom. The maximum atomic E-state index is 14.8. The number of carbonyl (C=O) groups is 3. The van der Waals surface area contributed by atoms with Crippen LogP contribution < -0.4 is 5.32 Å². The summed E-state index contributed by atoms with van der Waals surface area (Å²) in [6.07, 6.45) is 4.53. The number of nitrogens with one attached hydrogen (secondary N) is 1. The summed E-state index contributed by atoms with van der Waals surface area (Å²) < 4.78 is 59.5. The van der Waals surface area contributed by atoms with E-state index in [1.54, 1.807) is 22.8 Å². The van der Waals surface area contributed by atoms with Crippen LogP contribution in [-0.4, -0.2) is 76.2 Å². The number of hydrogen-bond donors (Lipinski definition) is 1. The highest BCUT2D eigenvalue weighted by atomic mass is 35.5. The van der Waals surface area contributed by atoms with Crippen molar-refractivity contribution in [1.29, 1.82) is 0 Å². The molecule has 11 nitrogen and oxygen atoms in total. The lowest BCUT2D eigenvalue weighted by molar-refractivity contribution is 0.0732. The Kier molecular flexibility index (Phi) is 12.7. The van der Waals surface area contributed by atoms with Crippen LogP contribution in [-0.2, 0) is 36.0 Å². The number of halogens is 3. The van der Waals surface area contributed by atoms with Gasteiger partial charge in [-0.2, -0.15) is 5.10 Å². The monoisotopic (exact) mass is 856 g/mol. The van der Waals surface area contributed by atoms with Crippen LogP contribution in [0.25, 0.3) is 5.69 Å². The molecule has 0 unspecified atom stereocenters. The van der Waals surface area contributed by atoms with Gasteiger partial charge in [0.05, 0.1) is 33.4 Å². The summed E-state index contributed by atoms with van der Waals surface area (Å²) in [4.78, 5) is 46.7. The number of sulfonamides is 1. The molecule has 7 rings (SSSR count). The molecule has 0 saturated carbocycles. The first-order chi connectivity index (χ1) is 28.8. The molecule has 3 amide bonds. The number of aromatic nitrogens is 2. The fourth-order valence-electron chi connectivity index (χ4n) is 7.66. The van der Waals surface area contributed by atoms with E-state index in [1.807, 2.05) is 38.1 Å². The minimum Gasteiger partial charge on any atom is -0.384 e. The highest BCUT2D eigenvalue weighted by Gasteiger charge is 2.34. The van der Waals surface area contributed by atoms with Crippen molar-refractivity contribution in [1.82, 2.24) is 23.9 Å². The van der Waals surface area contributed by atoms with E-state index in [9.17, 15) is 31.6 Å². The smallest absolute Gasteiger partial charge is 0.275 e. The Morgan fingerprint density at radius 2 is 1.58 bits per heavy atom. The van der Waals surface area contributed by atoms with E-state index in [1.165, 1.54) is 41.1 Å². The summed E-state index contributed by atoms with van der Waals surface area (Å²) in [7, 11) is -4.61. The van der Waals surface area contributed by atoms with Gasteiger partial charge in [-0.15, -0.1) is 0 Å². The van der Waals surface area contributed by atoms with Gasteiger partial charge in [-0.3, -0.25) is 14.4 Å². The normalized spacial score (nSPS) is 13.4. The molecule has 1 aromatic heterocycles. The van der Waals surface area contributed by atoms with Gasteiger partial charge in [-0.25, -0.2) is 26.2 Å². The van der Waals surface area contributed by atoms with Gasteiger partial charge < -0.3 is 15.1 Å².